The molecule has 0 aliphatic heterocycles. The summed E-state index contributed by atoms with van der Waals surface area (Å²) in [6.45, 7) is 0. The van der Waals surface area contributed by atoms with E-state index in [0.29, 0.717) is 0 Å². The summed E-state index contributed by atoms with van der Waals surface area (Å²) >= 11 is 1.74. The average molecular weight is 168 g/mol. The molecule has 2 nitrogen and oxygen atoms in total. The summed E-state index contributed by atoms with van der Waals surface area (Å²) in [7, 11) is 0. The Morgan fingerprint density at radius 1 is 1.36 bits per heavy atom. The van der Waals surface area contributed by atoms with E-state index in [1.807, 2.05) is 24.5 Å². The molecule has 1 rings (SSSR count). The van der Waals surface area contributed by atoms with Gasteiger partial charge in [0.15, 0.2) is 0 Å². The minimum absolute atomic E-state index is 0.781. The van der Waals surface area contributed by atoms with Crippen molar-refractivity contribution in [3.05, 3.63) is 23.8 Å². The van der Waals surface area contributed by atoms with Gasteiger partial charge in [0.25, 0.3) is 0 Å². The molecule has 3 heteroatoms. The Morgan fingerprint density at radius 2 is 2.09 bits per heavy atom. The molecule has 0 saturated heterocycles. The van der Waals surface area contributed by atoms with Gasteiger partial charge in [-0.15, -0.1) is 0 Å². The maximum absolute atomic E-state index is 5.71. The van der Waals surface area contributed by atoms with Gasteiger partial charge in [-0.05, 0) is 30.0 Å². The van der Waals surface area contributed by atoms with E-state index in [-0.39, 0.29) is 0 Å². The molecule has 0 radical (unpaired) electrons. The topological polar surface area (TPSA) is 52.0 Å². The molecule has 0 aliphatic carbocycles. The zero-order valence-corrected chi connectivity index (χ0v) is 7.32. The van der Waals surface area contributed by atoms with Crippen LogP contribution in [0.3, 0.4) is 0 Å². The number of nitrogens with two attached hydrogens (primary N) is 2. The maximum atomic E-state index is 5.71. The van der Waals surface area contributed by atoms with Crippen LogP contribution in [0.25, 0.3) is 0 Å². The van der Waals surface area contributed by atoms with Crippen LogP contribution in [0.4, 0.5) is 11.4 Å². The third-order valence-corrected chi connectivity index (χ3v) is 2.07. The fourth-order valence-corrected chi connectivity index (χ4v) is 1.47. The molecule has 0 aromatic heterocycles. The summed E-state index contributed by atoms with van der Waals surface area (Å²) < 4.78 is 0. The molecule has 4 N–H and O–H groups in total. The monoisotopic (exact) mass is 168 g/mol. The first-order chi connectivity index (χ1) is 5.24. The van der Waals surface area contributed by atoms with Crippen molar-refractivity contribution >= 4 is 23.1 Å². The van der Waals surface area contributed by atoms with Crippen molar-refractivity contribution < 1.29 is 0 Å². The van der Waals surface area contributed by atoms with Crippen LogP contribution in [-0.2, 0) is 5.75 Å². The Kier molecular flexibility index (Phi) is 2.65. The van der Waals surface area contributed by atoms with E-state index >= 15 is 0 Å². The van der Waals surface area contributed by atoms with E-state index in [4.69, 9.17) is 11.5 Å². The molecule has 1 aromatic carbocycles. The highest BCUT2D eigenvalue weighted by Crippen LogP contribution is 2.19. The van der Waals surface area contributed by atoms with Crippen LogP contribution in [0, 0.1) is 0 Å². The van der Waals surface area contributed by atoms with Crippen molar-refractivity contribution in [1.82, 2.24) is 0 Å². The average Bonchev–Trinajstić information content (AvgIpc) is 1.98. The van der Waals surface area contributed by atoms with Gasteiger partial charge in [-0.25, -0.2) is 0 Å². The third kappa shape index (κ3) is 2.05. The lowest BCUT2D eigenvalue weighted by molar-refractivity contribution is 1.42. The molecule has 0 saturated carbocycles. The molecule has 0 atom stereocenters. The number of anilines is 2. The van der Waals surface area contributed by atoms with Gasteiger partial charge in [-0.2, -0.15) is 11.8 Å². The normalized spacial score (nSPS) is 9.91. The number of hydrogen-bond donors (Lipinski definition) is 2. The van der Waals surface area contributed by atoms with Crippen molar-refractivity contribution in [2.75, 3.05) is 17.7 Å². The molecular weight excluding hydrogens is 156 g/mol. The Labute approximate surface area is 71.0 Å². The van der Waals surface area contributed by atoms with Gasteiger partial charge in [0.05, 0.1) is 0 Å². The van der Waals surface area contributed by atoms with E-state index in [0.717, 1.165) is 22.7 Å². The first-order valence-electron chi connectivity index (χ1n) is 3.37. The Hall–Kier alpha value is -0.830. The first kappa shape index (κ1) is 8.27. The fraction of sp³-hybridized carbons (Fsp3) is 0.250. The smallest absolute Gasteiger partial charge is 0.0356 e. The zero-order valence-electron chi connectivity index (χ0n) is 6.50. The van der Waals surface area contributed by atoms with Gasteiger partial charge in [-0.1, -0.05) is 0 Å². The second-order valence-electron chi connectivity index (χ2n) is 2.39. The van der Waals surface area contributed by atoms with Gasteiger partial charge in [0, 0.05) is 17.1 Å². The van der Waals surface area contributed by atoms with E-state index in [1.54, 1.807) is 11.8 Å². The molecule has 0 aliphatic rings. The summed E-state index contributed by atoms with van der Waals surface area (Å²) in [5, 5.41) is 0. The number of rotatable bonds is 2. The highest BCUT2D eigenvalue weighted by atomic mass is 32.2. The van der Waals surface area contributed by atoms with Gasteiger partial charge < -0.3 is 11.5 Å². The second kappa shape index (κ2) is 3.53. The highest BCUT2D eigenvalue weighted by molar-refractivity contribution is 7.97. The van der Waals surface area contributed by atoms with Crippen LogP contribution in [0.2, 0.25) is 0 Å². The molecule has 11 heavy (non-hydrogen) atoms. The summed E-state index contributed by atoms with van der Waals surface area (Å²) in [6.07, 6.45) is 2.04. The number of hydrogen-bond acceptors (Lipinski definition) is 3. The Bertz CT molecular complexity index is 248. The maximum Gasteiger partial charge on any atom is 0.0356 e. The lowest BCUT2D eigenvalue weighted by atomic mass is 10.2. The van der Waals surface area contributed by atoms with E-state index in [9.17, 15) is 0 Å². The zero-order chi connectivity index (χ0) is 8.27. The molecule has 0 fully saturated rings. The summed E-state index contributed by atoms with van der Waals surface area (Å²) in [5.41, 5.74) is 14.0. The van der Waals surface area contributed by atoms with Crippen LogP contribution in [-0.4, -0.2) is 6.26 Å². The quantitative estimate of drug-likeness (QED) is 0.661. The van der Waals surface area contributed by atoms with Crippen LogP contribution in [0.5, 0.6) is 0 Å². The van der Waals surface area contributed by atoms with Gasteiger partial charge in [0.2, 0.25) is 0 Å². The Morgan fingerprint density at radius 3 is 2.73 bits per heavy atom. The molecule has 0 bridgehead atoms. The van der Waals surface area contributed by atoms with Gasteiger partial charge in [-0.3, -0.25) is 0 Å². The van der Waals surface area contributed by atoms with Crippen molar-refractivity contribution in [2.24, 2.45) is 0 Å². The predicted molar refractivity (Wildman–Crippen MR) is 52.5 cm³/mol. The van der Waals surface area contributed by atoms with Crippen molar-refractivity contribution in [2.45, 2.75) is 5.75 Å². The number of nitrogen functional groups attached to an aromatic ring is 2. The summed E-state index contributed by atoms with van der Waals surface area (Å²) in [6, 6.07) is 5.59. The second-order valence-corrected chi connectivity index (χ2v) is 3.26. The summed E-state index contributed by atoms with van der Waals surface area (Å²) in [4.78, 5) is 0. The van der Waals surface area contributed by atoms with Crippen LogP contribution < -0.4 is 11.5 Å². The van der Waals surface area contributed by atoms with Crippen LogP contribution >= 0.6 is 11.8 Å². The molecular formula is C8H12N2S. The molecule has 60 valence electrons. The lowest BCUT2D eigenvalue weighted by Crippen LogP contribution is -1.94. The number of benzene rings is 1. The molecule has 0 spiro atoms. The van der Waals surface area contributed by atoms with E-state index in [1.165, 1.54) is 0 Å². The SMILES string of the molecule is CSCc1cc(N)ccc1N. The van der Waals surface area contributed by atoms with Crippen molar-refractivity contribution in [1.29, 1.82) is 0 Å². The standard InChI is InChI=1S/C8H12N2S/c1-11-5-6-4-7(9)2-3-8(6)10/h2-4H,5,9-10H2,1H3. The predicted octanol–water partition coefficient (Wildman–Crippen LogP) is 1.71. The largest absolute Gasteiger partial charge is 0.399 e. The van der Waals surface area contributed by atoms with Crippen molar-refractivity contribution in [3.63, 3.8) is 0 Å². The van der Waals surface area contributed by atoms with Crippen molar-refractivity contribution in [3.8, 4) is 0 Å². The molecule has 1 aromatic rings. The lowest BCUT2D eigenvalue weighted by Gasteiger charge is -2.03. The van der Waals surface area contributed by atoms with Gasteiger partial charge >= 0.3 is 0 Å². The first-order valence-corrected chi connectivity index (χ1v) is 4.76. The molecule has 0 amide bonds. The fourth-order valence-electron chi connectivity index (χ4n) is 0.906. The highest BCUT2D eigenvalue weighted by Gasteiger charge is 1.97. The van der Waals surface area contributed by atoms with Crippen LogP contribution in [0.15, 0.2) is 18.2 Å². The minimum Gasteiger partial charge on any atom is -0.399 e. The van der Waals surface area contributed by atoms with Crippen LogP contribution in [0.1, 0.15) is 5.56 Å². The van der Waals surface area contributed by atoms with E-state index in [2.05, 4.69) is 0 Å². The molecule has 0 heterocycles. The Balaban J connectivity index is 2.93. The third-order valence-electron chi connectivity index (χ3n) is 1.47. The number of thioether (sulfide) groups is 1. The van der Waals surface area contributed by atoms with E-state index < -0.39 is 0 Å². The summed E-state index contributed by atoms with van der Waals surface area (Å²) in [5.74, 6) is 0.927. The minimum atomic E-state index is 0.781. The molecule has 0 unspecified atom stereocenters. The van der Waals surface area contributed by atoms with Gasteiger partial charge in [0.1, 0.15) is 0 Å².